The second-order valence-electron chi connectivity index (χ2n) is 4.78. The summed E-state index contributed by atoms with van der Waals surface area (Å²) in [5, 5.41) is 1.81. The average molecular weight is 272 g/mol. The van der Waals surface area contributed by atoms with Crippen LogP contribution in [-0.2, 0) is 11.3 Å². The molecule has 0 aliphatic carbocycles. The Morgan fingerprint density at radius 3 is 2.30 bits per heavy atom. The van der Waals surface area contributed by atoms with Gasteiger partial charge in [0.05, 0.1) is 26.4 Å². The van der Waals surface area contributed by atoms with E-state index >= 15 is 0 Å². The molecule has 3 rings (SSSR count). The van der Waals surface area contributed by atoms with Crippen LogP contribution in [0.5, 0.6) is 11.5 Å². The van der Waals surface area contributed by atoms with Crippen LogP contribution in [0.25, 0.3) is 10.8 Å². The molecule has 1 aliphatic rings. The maximum atomic E-state index is 12.4. The second-order valence-corrected chi connectivity index (χ2v) is 4.78. The van der Waals surface area contributed by atoms with Crippen molar-refractivity contribution in [2.75, 3.05) is 14.2 Å². The third kappa shape index (κ3) is 1.68. The first kappa shape index (κ1) is 12.9. The number of ketones is 1. The lowest BCUT2D eigenvalue weighted by Gasteiger charge is -2.26. The summed E-state index contributed by atoms with van der Waals surface area (Å²) in [7, 11) is 3.19. The maximum absolute atomic E-state index is 12.4. The molecule has 0 N–H and O–H groups in total. The molecule has 20 heavy (non-hydrogen) atoms. The van der Waals surface area contributed by atoms with Crippen molar-refractivity contribution in [1.29, 1.82) is 0 Å². The topological polar surface area (TPSA) is 44.8 Å². The van der Waals surface area contributed by atoms with E-state index in [2.05, 4.69) is 0 Å². The number of ether oxygens (including phenoxy) is 3. The first-order valence-corrected chi connectivity index (χ1v) is 6.50. The second kappa shape index (κ2) is 4.80. The van der Waals surface area contributed by atoms with E-state index in [4.69, 9.17) is 14.2 Å². The van der Waals surface area contributed by atoms with Gasteiger partial charge in [-0.3, -0.25) is 4.79 Å². The smallest absolute Gasteiger partial charge is 0.195 e. The fraction of sp³-hybridized carbons (Fsp3) is 0.312. The molecule has 0 amide bonds. The van der Waals surface area contributed by atoms with Gasteiger partial charge >= 0.3 is 0 Å². The summed E-state index contributed by atoms with van der Waals surface area (Å²) < 4.78 is 16.6. The largest absolute Gasteiger partial charge is 0.496 e. The Kier molecular flexibility index (Phi) is 3.10. The van der Waals surface area contributed by atoms with Crippen LogP contribution in [0.2, 0.25) is 0 Å². The summed E-state index contributed by atoms with van der Waals surface area (Å²) in [6.07, 6.45) is -0.456. The van der Waals surface area contributed by atoms with Crippen molar-refractivity contribution in [1.82, 2.24) is 0 Å². The highest BCUT2D eigenvalue weighted by Crippen LogP contribution is 2.43. The van der Waals surface area contributed by atoms with Crippen molar-refractivity contribution in [3.8, 4) is 11.5 Å². The van der Waals surface area contributed by atoms with Gasteiger partial charge in [0.1, 0.15) is 17.6 Å². The molecule has 1 atom stereocenters. The average Bonchev–Trinajstić information content (AvgIpc) is 2.48. The summed E-state index contributed by atoms with van der Waals surface area (Å²) >= 11 is 0. The van der Waals surface area contributed by atoms with E-state index in [0.717, 1.165) is 16.3 Å². The zero-order valence-electron chi connectivity index (χ0n) is 11.7. The summed E-state index contributed by atoms with van der Waals surface area (Å²) in [6, 6.07) is 7.75. The predicted octanol–water partition coefficient (Wildman–Crippen LogP) is 2.96. The SMILES string of the molecule is COc1c2c(c(OC)c3ccccc13)C(=O)C(C)OC2. The molecule has 1 heterocycles. The lowest BCUT2D eigenvalue weighted by atomic mass is 9.92. The Morgan fingerprint density at radius 1 is 1.10 bits per heavy atom. The van der Waals surface area contributed by atoms with Gasteiger partial charge in [0.2, 0.25) is 0 Å². The maximum Gasteiger partial charge on any atom is 0.195 e. The number of carbonyl (C=O) groups excluding carboxylic acids is 1. The number of fused-ring (bicyclic) bond motifs is 2. The lowest BCUT2D eigenvalue weighted by molar-refractivity contribution is 0.0325. The van der Waals surface area contributed by atoms with E-state index in [9.17, 15) is 4.79 Å². The molecule has 0 spiro atoms. The zero-order valence-corrected chi connectivity index (χ0v) is 11.7. The Balaban J connectivity index is 2.46. The highest BCUT2D eigenvalue weighted by Gasteiger charge is 2.32. The van der Waals surface area contributed by atoms with Crippen molar-refractivity contribution >= 4 is 16.6 Å². The molecule has 4 nitrogen and oxygen atoms in total. The third-order valence-corrected chi connectivity index (χ3v) is 3.72. The minimum Gasteiger partial charge on any atom is -0.496 e. The van der Waals surface area contributed by atoms with Crippen molar-refractivity contribution < 1.29 is 19.0 Å². The molecule has 0 saturated heterocycles. The molecule has 104 valence electrons. The van der Waals surface area contributed by atoms with E-state index in [0.29, 0.717) is 23.7 Å². The van der Waals surface area contributed by atoms with E-state index < -0.39 is 6.10 Å². The molecule has 0 bridgehead atoms. The monoisotopic (exact) mass is 272 g/mol. The van der Waals surface area contributed by atoms with Gasteiger partial charge in [-0.25, -0.2) is 0 Å². The van der Waals surface area contributed by atoms with Crippen LogP contribution < -0.4 is 9.47 Å². The summed E-state index contributed by atoms with van der Waals surface area (Å²) in [5.74, 6) is 1.24. The number of carbonyl (C=O) groups is 1. The first-order valence-electron chi connectivity index (χ1n) is 6.50. The Hall–Kier alpha value is -2.07. The molecule has 1 aliphatic heterocycles. The molecular formula is C16H16O4. The zero-order chi connectivity index (χ0) is 14.3. The predicted molar refractivity (Wildman–Crippen MR) is 75.6 cm³/mol. The van der Waals surface area contributed by atoms with Gasteiger partial charge in [-0.15, -0.1) is 0 Å². The van der Waals surface area contributed by atoms with Gasteiger partial charge in [0, 0.05) is 16.3 Å². The Labute approximate surface area is 117 Å². The fourth-order valence-corrected chi connectivity index (χ4v) is 2.76. The highest BCUT2D eigenvalue weighted by atomic mass is 16.5. The molecule has 2 aromatic rings. The summed E-state index contributed by atoms with van der Waals surface area (Å²) in [5.41, 5.74) is 1.35. The van der Waals surface area contributed by atoms with Crippen molar-refractivity contribution in [2.45, 2.75) is 19.6 Å². The molecule has 0 radical (unpaired) electrons. The van der Waals surface area contributed by atoms with E-state index in [1.165, 1.54) is 0 Å². The number of rotatable bonds is 2. The molecule has 0 fully saturated rings. The van der Waals surface area contributed by atoms with Crippen LogP contribution in [0.3, 0.4) is 0 Å². The lowest BCUT2D eigenvalue weighted by Crippen LogP contribution is -2.28. The standard InChI is InChI=1S/C16H16O4/c1-9-14(17)13-12(8-20-9)15(18-2)10-6-4-5-7-11(10)16(13)19-3/h4-7,9H,8H2,1-3H3. The number of methoxy groups -OCH3 is 2. The van der Waals surface area contributed by atoms with Crippen molar-refractivity contribution in [3.05, 3.63) is 35.4 Å². The van der Waals surface area contributed by atoms with Gasteiger partial charge < -0.3 is 14.2 Å². The van der Waals surface area contributed by atoms with E-state index in [-0.39, 0.29) is 5.78 Å². The van der Waals surface area contributed by atoms with Crippen LogP contribution in [0.1, 0.15) is 22.8 Å². The molecule has 2 aromatic carbocycles. The number of hydrogen-bond donors (Lipinski definition) is 0. The van der Waals surface area contributed by atoms with Crippen LogP contribution in [-0.4, -0.2) is 26.1 Å². The molecule has 4 heteroatoms. The highest BCUT2D eigenvalue weighted by molar-refractivity contribution is 6.10. The van der Waals surface area contributed by atoms with Crippen molar-refractivity contribution in [3.63, 3.8) is 0 Å². The van der Waals surface area contributed by atoms with E-state index in [1.807, 2.05) is 24.3 Å². The van der Waals surface area contributed by atoms with Gasteiger partial charge in [0.25, 0.3) is 0 Å². The van der Waals surface area contributed by atoms with Gasteiger partial charge in [-0.2, -0.15) is 0 Å². The van der Waals surface area contributed by atoms with Crippen LogP contribution in [0.4, 0.5) is 0 Å². The molecule has 0 saturated carbocycles. The van der Waals surface area contributed by atoms with Crippen molar-refractivity contribution in [2.24, 2.45) is 0 Å². The number of benzene rings is 2. The first-order chi connectivity index (χ1) is 9.69. The van der Waals surface area contributed by atoms with Crippen LogP contribution >= 0.6 is 0 Å². The van der Waals surface area contributed by atoms with Gasteiger partial charge in [-0.05, 0) is 6.92 Å². The summed E-state index contributed by atoms with van der Waals surface area (Å²) in [4.78, 5) is 12.4. The van der Waals surface area contributed by atoms with Crippen LogP contribution in [0.15, 0.2) is 24.3 Å². The minimum absolute atomic E-state index is 0.0628. The third-order valence-electron chi connectivity index (χ3n) is 3.72. The molecule has 1 unspecified atom stereocenters. The molecule has 0 aromatic heterocycles. The fourth-order valence-electron chi connectivity index (χ4n) is 2.76. The number of Topliss-reactive ketones (excluding diaryl/α,β-unsaturated/α-hetero) is 1. The quantitative estimate of drug-likeness (QED) is 0.843. The van der Waals surface area contributed by atoms with Crippen LogP contribution in [0, 0.1) is 0 Å². The van der Waals surface area contributed by atoms with Gasteiger partial charge in [-0.1, -0.05) is 24.3 Å². The normalized spacial score (nSPS) is 17.9. The molecular weight excluding hydrogens is 256 g/mol. The summed E-state index contributed by atoms with van der Waals surface area (Å²) in [6.45, 7) is 2.11. The minimum atomic E-state index is -0.456. The van der Waals surface area contributed by atoms with Gasteiger partial charge in [0.15, 0.2) is 5.78 Å². The Morgan fingerprint density at radius 2 is 1.70 bits per heavy atom. The van der Waals surface area contributed by atoms with E-state index in [1.54, 1.807) is 21.1 Å². The Bertz CT molecular complexity index is 690. The number of hydrogen-bond acceptors (Lipinski definition) is 4.